The second-order valence-electron chi connectivity index (χ2n) is 6.41. The third kappa shape index (κ3) is 5.54. The van der Waals surface area contributed by atoms with Gasteiger partial charge in [0.2, 0.25) is 0 Å². The molecule has 6 heteroatoms. The zero-order chi connectivity index (χ0) is 15.2. The average molecular weight is 299 g/mol. The molecule has 0 bridgehead atoms. The third-order valence-electron chi connectivity index (χ3n) is 4.40. The Morgan fingerprint density at radius 1 is 1.19 bits per heavy atom. The molecule has 0 aromatic rings. The van der Waals surface area contributed by atoms with Crippen LogP contribution in [-0.4, -0.2) is 96.9 Å². The van der Waals surface area contributed by atoms with Gasteiger partial charge in [-0.25, -0.2) is 0 Å². The highest BCUT2D eigenvalue weighted by molar-refractivity contribution is 5.69. The summed E-state index contributed by atoms with van der Waals surface area (Å²) in [5, 5.41) is 8.88. The molecule has 0 aromatic heterocycles. The number of hydrogen-bond acceptors (Lipinski definition) is 5. The molecular formula is C15H29N3O3. The van der Waals surface area contributed by atoms with Crippen LogP contribution in [0, 0.1) is 0 Å². The maximum atomic E-state index is 10.8. The van der Waals surface area contributed by atoms with E-state index in [1.165, 1.54) is 0 Å². The SMILES string of the molecule is CC(C)N1CCOC(CN2CCCN(CC(=O)O)CC2)C1. The van der Waals surface area contributed by atoms with Crippen molar-refractivity contribution in [3.63, 3.8) is 0 Å². The molecule has 2 heterocycles. The zero-order valence-electron chi connectivity index (χ0n) is 13.3. The molecule has 1 N–H and O–H groups in total. The van der Waals surface area contributed by atoms with Crippen LogP contribution in [0.4, 0.5) is 0 Å². The van der Waals surface area contributed by atoms with E-state index in [0.29, 0.717) is 6.04 Å². The maximum Gasteiger partial charge on any atom is 0.317 e. The summed E-state index contributed by atoms with van der Waals surface area (Å²) >= 11 is 0. The number of carboxylic acids is 1. The van der Waals surface area contributed by atoms with E-state index in [4.69, 9.17) is 9.84 Å². The predicted molar refractivity (Wildman–Crippen MR) is 81.6 cm³/mol. The van der Waals surface area contributed by atoms with Gasteiger partial charge in [-0.15, -0.1) is 0 Å². The topological polar surface area (TPSA) is 56.2 Å². The first-order chi connectivity index (χ1) is 10.0. The highest BCUT2D eigenvalue weighted by Crippen LogP contribution is 2.11. The maximum absolute atomic E-state index is 10.8. The summed E-state index contributed by atoms with van der Waals surface area (Å²) in [6, 6.07) is 0.576. The normalized spacial score (nSPS) is 26.9. The molecule has 0 aromatic carbocycles. The summed E-state index contributed by atoms with van der Waals surface area (Å²) in [4.78, 5) is 17.7. The van der Waals surface area contributed by atoms with Crippen LogP contribution in [-0.2, 0) is 9.53 Å². The Kier molecular flexibility index (Phi) is 6.41. The van der Waals surface area contributed by atoms with E-state index in [2.05, 4.69) is 23.6 Å². The Balaban J connectivity index is 1.76. The van der Waals surface area contributed by atoms with Gasteiger partial charge in [-0.2, -0.15) is 0 Å². The first kappa shape index (κ1) is 16.7. The minimum absolute atomic E-state index is 0.162. The molecule has 2 saturated heterocycles. The third-order valence-corrected chi connectivity index (χ3v) is 4.40. The highest BCUT2D eigenvalue weighted by atomic mass is 16.5. The van der Waals surface area contributed by atoms with E-state index in [9.17, 15) is 4.79 Å². The molecule has 2 aliphatic heterocycles. The number of aliphatic carboxylic acids is 1. The van der Waals surface area contributed by atoms with E-state index < -0.39 is 5.97 Å². The van der Waals surface area contributed by atoms with Crippen molar-refractivity contribution in [3.8, 4) is 0 Å². The molecule has 2 fully saturated rings. The van der Waals surface area contributed by atoms with E-state index in [1.54, 1.807) is 0 Å². The smallest absolute Gasteiger partial charge is 0.317 e. The van der Waals surface area contributed by atoms with Gasteiger partial charge in [0, 0.05) is 45.3 Å². The van der Waals surface area contributed by atoms with Gasteiger partial charge in [-0.1, -0.05) is 0 Å². The summed E-state index contributed by atoms with van der Waals surface area (Å²) in [5.41, 5.74) is 0. The van der Waals surface area contributed by atoms with Crippen LogP contribution in [0.25, 0.3) is 0 Å². The standard InChI is InChI=1S/C15H29N3O3/c1-13(2)18-8-9-21-14(11-18)10-16-4-3-5-17(7-6-16)12-15(19)20/h13-14H,3-12H2,1-2H3,(H,19,20). The second kappa shape index (κ2) is 8.08. The molecule has 2 rings (SSSR count). The number of hydrogen-bond donors (Lipinski definition) is 1. The predicted octanol–water partition coefficient (Wildman–Crippen LogP) is 0.188. The van der Waals surface area contributed by atoms with Crippen LogP contribution in [0.2, 0.25) is 0 Å². The van der Waals surface area contributed by atoms with Gasteiger partial charge in [0.15, 0.2) is 0 Å². The van der Waals surface area contributed by atoms with Crippen LogP contribution in [0.15, 0.2) is 0 Å². The first-order valence-electron chi connectivity index (χ1n) is 8.06. The van der Waals surface area contributed by atoms with Gasteiger partial charge in [0.05, 0.1) is 19.3 Å². The Labute approximate surface area is 127 Å². The molecule has 0 saturated carbocycles. The molecule has 0 spiro atoms. The summed E-state index contributed by atoms with van der Waals surface area (Å²) in [6.45, 7) is 12.1. The number of carboxylic acid groups (broad SMARTS) is 1. The van der Waals surface area contributed by atoms with Gasteiger partial charge in [0.1, 0.15) is 0 Å². The van der Waals surface area contributed by atoms with Crippen molar-refractivity contribution in [1.29, 1.82) is 0 Å². The van der Waals surface area contributed by atoms with Crippen LogP contribution >= 0.6 is 0 Å². The molecule has 0 radical (unpaired) electrons. The molecular weight excluding hydrogens is 270 g/mol. The molecule has 0 amide bonds. The zero-order valence-corrected chi connectivity index (χ0v) is 13.3. The second-order valence-corrected chi connectivity index (χ2v) is 6.41. The highest BCUT2D eigenvalue weighted by Gasteiger charge is 2.25. The van der Waals surface area contributed by atoms with Gasteiger partial charge in [-0.3, -0.25) is 19.5 Å². The van der Waals surface area contributed by atoms with Crippen molar-refractivity contribution in [2.75, 3.05) is 59.0 Å². The van der Waals surface area contributed by atoms with Gasteiger partial charge < -0.3 is 9.84 Å². The lowest BCUT2D eigenvalue weighted by Crippen LogP contribution is -2.50. The molecule has 6 nitrogen and oxygen atoms in total. The summed E-state index contributed by atoms with van der Waals surface area (Å²) in [7, 11) is 0. The van der Waals surface area contributed by atoms with Crippen molar-refractivity contribution in [2.24, 2.45) is 0 Å². The average Bonchev–Trinajstić information content (AvgIpc) is 2.64. The number of rotatable bonds is 5. The lowest BCUT2D eigenvalue weighted by Gasteiger charge is -2.37. The van der Waals surface area contributed by atoms with Gasteiger partial charge >= 0.3 is 5.97 Å². The van der Waals surface area contributed by atoms with Crippen molar-refractivity contribution in [1.82, 2.24) is 14.7 Å². The molecule has 21 heavy (non-hydrogen) atoms. The van der Waals surface area contributed by atoms with E-state index >= 15 is 0 Å². The summed E-state index contributed by atoms with van der Waals surface area (Å²) in [6.07, 6.45) is 1.32. The number of carbonyl (C=O) groups is 1. The Morgan fingerprint density at radius 3 is 2.62 bits per heavy atom. The quantitative estimate of drug-likeness (QED) is 0.782. The number of ether oxygens (including phenoxy) is 1. The fourth-order valence-electron chi connectivity index (χ4n) is 3.17. The summed E-state index contributed by atoms with van der Waals surface area (Å²) < 4.78 is 5.90. The monoisotopic (exact) mass is 299 g/mol. The van der Waals surface area contributed by atoms with Crippen molar-refractivity contribution in [2.45, 2.75) is 32.4 Å². The molecule has 2 aliphatic rings. The fraction of sp³-hybridized carbons (Fsp3) is 0.933. The molecule has 122 valence electrons. The molecule has 1 atom stereocenters. The van der Waals surface area contributed by atoms with Crippen molar-refractivity contribution >= 4 is 5.97 Å². The number of morpholine rings is 1. The minimum Gasteiger partial charge on any atom is -0.480 e. The lowest BCUT2D eigenvalue weighted by atomic mass is 10.2. The van der Waals surface area contributed by atoms with E-state index in [-0.39, 0.29) is 12.6 Å². The number of nitrogens with zero attached hydrogens (tertiary/aromatic N) is 3. The van der Waals surface area contributed by atoms with Crippen molar-refractivity contribution in [3.05, 3.63) is 0 Å². The van der Waals surface area contributed by atoms with Crippen LogP contribution in [0.5, 0.6) is 0 Å². The van der Waals surface area contributed by atoms with Crippen molar-refractivity contribution < 1.29 is 14.6 Å². The van der Waals surface area contributed by atoms with Crippen LogP contribution < -0.4 is 0 Å². The van der Waals surface area contributed by atoms with Gasteiger partial charge in [0.25, 0.3) is 0 Å². The molecule has 0 aliphatic carbocycles. The lowest BCUT2D eigenvalue weighted by molar-refractivity contribution is -0.138. The first-order valence-corrected chi connectivity index (χ1v) is 8.06. The van der Waals surface area contributed by atoms with Crippen LogP contribution in [0.1, 0.15) is 20.3 Å². The van der Waals surface area contributed by atoms with Gasteiger partial charge in [-0.05, 0) is 26.8 Å². The fourth-order valence-corrected chi connectivity index (χ4v) is 3.17. The summed E-state index contributed by atoms with van der Waals surface area (Å²) in [5.74, 6) is -0.730. The Morgan fingerprint density at radius 2 is 1.90 bits per heavy atom. The molecule has 1 unspecified atom stereocenters. The minimum atomic E-state index is -0.730. The Hall–Kier alpha value is -0.690. The van der Waals surface area contributed by atoms with E-state index in [1.807, 2.05) is 4.90 Å². The van der Waals surface area contributed by atoms with E-state index in [0.717, 1.165) is 58.8 Å². The largest absolute Gasteiger partial charge is 0.480 e. The van der Waals surface area contributed by atoms with Crippen LogP contribution in [0.3, 0.4) is 0 Å². The Bertz CT molecular complexity index is 338.